The van der Waals surface area contributed by atoms with E-state index in [1.807, 2.05) is 24.3 Å². The molecule has 3 rings (SSSR count). The monoisotopic (exact) mass is 305 g/mol. The minimum atomic E-state index is -0.647. The van der Waals surface area contributed by atoms with Crippen LogP contribution in [0.25, 0.3) is 0 Å². The number of rotatable bonds is 2. The Morgan fingerprint density at radius 2 is 2.06 bits per heavy atom. The lowest BCUT2D eigenvalue weighted by Gasteiger charge is -2.35. The van der Waals surface area contributed by atoms with Crippen molar-refractivity contribution in [3.63, 3.8) is 0 Å². The van der Waals surface area contributed by atoms with Crippen molar-refractivity contribution < 1.29 is 5.11 Å². The highest BCUT2D eigenvalue weighted by atomic mass is 79.9. The first-order chi connectivity index (χ1) is 8.65. The van der Waals surface area contributed by atoms with E-state index in [0.717, 1.165) is 29.3 Å². The molecule has 1 N–H and O–H groups in total. The minimum Gasteiger partial charge on any atom is -0.387 e. The number of aliphatic hydroxyl groups excluding tert-OH is 1. The van der Waals surface area contributed by atoms with Gasteiger partial charge in [-0.05, 0) is 48.8 Å². The van der Waals surface area contributed by atoms with Crippen LogP contribution in [0.1, 0.15) is 37.4 Å². The van der Waals surface area contributed by atoms with E-state index in [0.29, 0.717) is 11.8 Å². The predicted octanol–water partition coefficient (Wildman–Crippen LogP) is 3.81. The molecule has 0 aromatic heterocycles. The van der Waals surface area contributed by atoms with Gasteiger partial charge in [-0.2, -0.15) is 5.26 Å². The smallest absolute Gasteiger partial charge is 0.0979 e. The highest BCUT2D eigenvalue weighted by Crippen LogP contribution is 2.60. The van der Waals surface area contributed by atoms with E-state index in [9.17, 15) is 10.4 Å². The van der Waals surface area contributed by atoms with E-state index in [-0.39, 0.29) is 0 Å². The maximum atomic E-state index is 10.6. The molecule has 0 aliphatic heterocycles. The van der Waals surface area contributed by atoms with Crippen molar-refractivity contribution in [3.05, 3.63) is 34.3 Å². The molecular formula is C15H16BrNO. The number of nitriles is 1. The standard InChI is InChI=1S/C15H16BrNO/c16-13-5-2-11(3-6-13)14(18)15(9-17)8-10-1-4-12(15)7-10/h2-3,5-6,10,12,14,18H,1,4,7-8H2. The van der Waals surface area contributed by atoms with Crippen molar-refractivity contribution in [3.8, 4) is 6.07 Å². The first-order valence-corrected chi connectivity index (χ1v) is 7.30. The summed E-state index contributed by atoms with van der Waals surface area (Å²) in [5.41, 5.74) is 0.323. The van der Waals surface area contributed by atoms with E-state index in [4.69, 9.17) is 0 Å². The second-order valence-electron chi connectivity index (χ2n) is 5.69. The topological polar surface area (TPSA) is 44.0 Å². The van der Waals surface area contributed by atoms with Crippen LogP contribution in [-0.4, -0.2) is 5.11 Å². The molecule has 2 bridgehead atoms. The molecule has 2 nitrogen and oxygen atoms in total. The molecule has 2 saturated carbocycles. The summed E-state index contributed by atoms with van der Waals surface area (Å²) in [6.07, 6.45) is 3.69. The molecule has 2 fully saturated rings. The van der Waals surface area contributed by atoms with E-state index in [1.165, 1.54) is 6.42 Å². The van der Waals surface area contributed by atoms with Crippen molar-refractivity contribution in [1.29, 1.82) is 5.26 Å². The van der Waals surface area contributed by atoms with E-state index in [2.05, 4.69) is 22.0 Å². The van der Waals surface area contributed by atoms with Gasteiger partial charge >= 0.3 is 0 Å². The maximum absolute atomic E-state index is 10.6. The number of halogens is 1. The van der Waals surface area contributed by atoms with E-state index >= 15 is 0 Å². The first kappa shape index (κ1) is 12.2. The van der Waals surface area contributed by atoms with Gasteiger partial charge in [0.2, 0.25) is 0 Å². The highest BCUT2D eigenvalue weighted by molar-refractivity contribution is 9.10. The number of fused-ring (bicyclic) bond motifs is 2. The molecule has 2 aliphatic rings. The Hall–Kier alpha value is -0.850. The number of aliphatic hydroxyl groups is 1. The van der Waals surface area contributed by atoms with Crippen molar-refractivity contribution in [2.45, 2.75) is 31.8 Å². The second-order valence-corrected chi connectivity index (χ2v) is 6.60. The lowest BCUT2D eigenvalue weighted by Crippen LogP contribution is -2.33. The van der Waals surface area contributed by atoms with Crippen LogP contribution in [-0.2, 0) is 0 Å². The molecule has 0 radical (unpaired) electrons. The van der Waals surface area contributed by atoms with E-state index in [1.54, 1.807) is 0 Å². The Kier molecular flexibility index (Phi) is 2.96. The molecule has 94 valence electrons. The van der Waals surface area contributed by atoms with Crippen LogP contribution in [0.4, 0.5) is 0 Å². The van der Waals surface area contributed by atoms with Crippen LogP contribution in [0.15, 0.2) is 28.7 Å². The van der Waals surface area contributed by atoms with Gasteiger partial charge in [0.1, 0.15) is 0 Å². The van der Waals surface area contributed by atoms with Gasteiger partial charge in [-0.3, -0.25) is 0 Å². The van der Waals surface area contributed by atoms with Crippen LogP contribution >= 0.6 is 15.9 Å². The fourth-order valence-electron chi connectivity index (χ4n) is 3.85. The van der Waals surface area contributed by atoms with E-state index < -0.39 is 11.5 Å². The summed E-state index contributed by atoms with van der Waals surface area (Å²) in [6.45, 7) is 0. The van der Waals surface area contributed by atoms with Crippen LogP contribution < -0.4 is 0 Å². The van der Waals surface area contributed by atoms with Crippen LogP contribution in [0.2, 0.25) is 0 Å². The maximum Gasteiger partial charge on any atom is 0.0979 e. The average Bonchev–Trinajstić information content (AvgIpc) is 2.99. The largest absolute Gasteiger partial charge is 0.387 e. The van der Waals surface area contributed by atoms with Gasteiger partial charge in [0.25, 0.3) is 0 Å². The first-order valence-electron chi connectivity index (χ1n) is 6.50. The third kappa shape index (κ3) is 1.71. The Morgan fingerprint density at radius 1 is 1.33 bits per heavy atom. The van der Waals surface area contributed by atoms with Gasteiger partial charge in [-0.15, -0.1) is 0 Å². The van der Waals surface area contributed by atoms with Crippen molar-refractivity contribution >= 4 is 15.9 Å². The fourth-order valence-corrected chi connectivity index (χ4v) is 4.11. The summed E-state index contributed by atoms with van der Waals surface area (Å²) < 4.78 is 0.998. The Bertz CT molecular complexity index is 492. The summed E-state index contributed by atoms with van der Waals surface area (Å²) in [6, 6.07) is 10.1. The molecule has 3 heteroatoms. The number of hydrogen-bond acceptors (Lipinski definition) is 2. The quantitative estimate of drug-likeness (QED) is 0.903. The fraction of sp³-hybridized carbons (Fsp3) is 0.533. The van der Waals surface area contributed by atoms with Crippen molar-refractivity contribution in [1.82, 2.24) is 0 Å². The molecule has 18 heavy (non-hydrogen) atoms. The lowest BCUT2D eigenvalue weighted by atomic mass is 9.68. The number of hydrogen-bond donors (Lipinski definition) is 1. The lowest BCUT2D eigenvalue weighted by molar-refractivity contribution is 0.0233. The molecule has 0 heterocycles. The number of nitrogens with zero attached hydrogens (tertiary/aromatic N) is 1. The molecule has 4 atom stereocenters. The van der Waals surface area contributed by atoms with Gasteiger partial charge in [0.05, 0.1) is 17.6 Å². The van der Waals surface area contributed by atoms with Crippen LogP contribution in [0.5, 0.6) is 0 Å². The summed E-state index contributed by atoms with van der Waals surface area (Å²) in [4.78, 5) is 0. The Balaban J connectivity index is 1.93. The zero-order chi connectivity index (χ0) is 12.8. The third-order valence-corrected chi connectivity index (χ3v) is 5.31. The minimum absolute atomic E-state index is 0.381. The zero-order valence-corrected chi connectivity index (χ0v) is 11.7. The molecule has 0 spiro atoms. The molecule has 0 amide bonds. The van der Waals surface area contributed by atoms with Gasteiger partial charge in [-0.1, -0.05) is 34.5 Å². The van der Waals surface area contributed by atoms with Gasteiger partial charge in [0.15, 0.2) is 0 Å². The molecular weight excluding hydrogens is 290 g/mol. The van der Waals surface area contributed by atoms with Gasteiger partial charge in [0, 0.05) is 4.47 Å². The van der Waals surface area contributed by atoms with Gasteiger partial charge in [-0.25, -0.2) is 0 Å². The summed E-state index contributed by atoms with van der Waals surface area (Å²) in [7, 11) is 0. The molecule has 1 aromatic rings. The molecule has 4 unspecified atom stereocenters. The van der Waals surface area contributed by atoms with Crippen molar-refractivity contribution in [2.24, 2.45) is 17.3 Å². The molecule has 1 aromatic carbocycles. The zero-order valence-electron chi connectivity index (χ0n) is 10.1. The Labute approximate surface area is 116 Å². The third-order valence-electron chi connectivity index (χ3n) is 4.78. The average molecular weight is 306 g/mol. The summed E-state index contributed by atoms with van der Waals surface area (Å²) in [5, 5.41) is 20.3. The van der Waals surface area contributed by atoms with Gasteiger partial charge < -0.3 is 5.11 Å². The number of benzene rings is 1. The molecule has 2 aliphatic carbocycles. The molecule has 0 saturated heterocycles. The Morgan fingerprint density at radius 3 is 2.56 bits per heavy atom. The second kappa shape index (κ2) is 4.36. The van der Waals surface area contributed by atoms with Crippen LogP contribution in [0, 0.1) is 28.6 Å². The normalized spacial score (nSPS) is 35.4. The summed E-state index contributed by atoms with van der Waals surface area (Å²) in [5.74, 6) is 1.03. The SMILES string of the molecule is N#CC1(C(O)c2ccc(Br)cc2)CC2CCC1C2. The van der Waals surface area contributed by atoms with Crippen molar-refractivity contribution in [2.75, 3.05) is 0 Å². The summed E-state index contributed by atoms with van der Waals surface area (Å²) >= 11 is 3.39. The predicted molar refractivity (Wildman–Crippen MR) is 72.6 cm³/mol. The highest BCUT2D eigenvalue weighted by Gasteiger charge is 2.55. The van der Waals surface area contributed by atoms with Crippen LogP contribution in [0.3, 0.4) is 0 Å².